The number of alkyl halides is 3. The lowest BCUT2D eigenvalue weighted by atomic mass is 10.00. The molecule has 4 aromatic carbocycles. The van der Waals surface area contributed by atoms with Crippen LogP contribution in [0.5, 0.6) is 0 Å². The molecule has 11 heteroatoms. The number of hydrogen-bond acceptors (Lipinski definition) is 4. The van der Waals surface area contributed by atoms with Crippen molar-refractivity contribution in [3.05, 3.63) is 141 Å². The van der Waals surface area contributed by atoms with Crippen LogP contribution in [0.25, 0.3) is 22.0 Å². The van der Waals surface area contributed by atoms with Gasteiger partial charge in [-0.05, 0) is 78.3 Å². The number of halogens is 5. The summed E-state index contributed by atoms with van der Waals surface area (Å²) in [6, 6.07) is 24.2. The number of pyridine rings is 1. The van der Waals surface area contributed by atoms with E-state index < -0.39 is 23.4 Å². The SMILES string of the molecule is O=C(Cn1c(CCc2ccc(F)cc2F)cc(=O)c2ccccc21)N(Cc1ccc(-c2ccc(C(F)(F)F)cc2)cc1)C1CCN(CCO)CC1. The lowest BCUT2D eigenvalue weighted by Crippen LogP contribution is -2.48. The van der Waals surface area contributed by atoms with Crippen LogP contribution >= 0.6 is 0 Å². The van der Waals surface area contributed by atoms with Gasteiger partial charge >= 0.3 is 6.18 Å². The zero-order valence-corrected chi connectivity index (χ0v) is 27.9. The predicted molar refractivity (Wildman–Crippen MR) is 186 cm³/mol. The Labute approximate surface area is 292 Å². The number of piperidine rings is 1. The molecule has 0 bridgehead atoms. The van der Waals surface area contributed by atoms with Gasteiger partial charge in [-0.15, -0.1) is 0 Å². The van der Waals surface area contributed by atoms with E-state index in [1.165, 1.54) is 30.3 Å². The average Bonchev–Trinajstić information content (AvgIpc) is 3.12. The molecular weight excluding hydrogens is 665 g/mol. The largest absolute Gasteiger partial charge is 0.416 e. The Morgan fingerprint density at radius 3 is 2.16 bits per heavy atom. The third-order valence-corrected chi connectivity index (χ3v) is 9.65. The molecule has 1 N–H and O–H groups in total. The minimum atomic E-state index is -4.42. The summed E-state index contributed by atoms with van der Waals surface area (Å²) in [4.78, 5) is 31.6. The maximum atomic E-state index is 14.5. The van der Waals surface area contributed by atoms with E-state index in [4.69, 9.17) is 0 Å². The smallest absolute Gasteiger partial charge is 0.395 e. The van der Waals surface area contributed by atoms with Crippen molar-refractivity contribution in [2.75, 3.05) is 26.2 Å². The quantitative estimate of drug-likeness (QED) is 0.148. The number of likely N-dealkylation sites (tertiary alicyclic amines) is 1. The van der Waals surface area contributed by atoms with Crippen LogP contribution < -0.4 is 5.43 Å². The Morgan fingerprint density at radius 2 is 1.51 bits per heavy atom. The molecule has 0 unspecified atom stereocenters. The molecule has 6 nitrogen and oxygen atoms in total. The summed E-state index contributed by atoms with van der Waals surface area (Å²) in [6.45, 7) is 2.21. The summed E-state index contributed by atoms with van der Waals surface area (Å²) in [5.74, 6) is -1.53. The number of rotatable bonds is 11. The van der Waals surface area contributed by atoms with Gasteiger partial charge in [0.25, 0.3) is 0 Å². The zero-order valence-electron chi connectivity index (χ0n) is 27.9. The second-order valence-corrected chi connectivity index (χ2v) is 12.9. The maximum Gasteiger partial charge on any atom is 0.416 e. The van der Waals surface area contributed by atoms with Gasteiger partial charge in [-0.25, -0.2) is 8.78 Å². The number of carbonyl (C=O) groups excluding carboxylic acids is 1. The summed E-state index contributed by atoms with van der Waals surface area (Å²) in [6.07, 6.45) is -2.61. The number of para-hydroxylation sites is 1. The molecule has 6 rings (SSSR count). The molecule has 1 fully saturated rings. The number of hydrogen-bond donors (Lipinski definition) is 1. The van der Waals surface area contributed by atoms with Gasteiger partial charge in [0.05, 0.1) is 17.7 Å². The molecule has 5 aromatic rings. The van der Waals surface area contributed by atoms with Crippen molar-refractivity contribution in [3.8, 4) is 11.1 Å². The fourth-order valence-corrected chi connectivity index (χ4v) is 6.85. The topological polar surface area (TPSA) is 65.8 Å². The highest BCUT2D eigenvalue weighted by Gasteiger charge is 2.31. The maximum absolute atomic E-state index is 14.5. The third kappa shape index (κ3) is 8.54. The number of amides is 1. The van der Waals surface area contributed by atoms with Crippen LogP contribution in [-0.2, 0) is 36.9 Å². The second-order valence-electron chi connectivity index (χ2n) is 12.9. The Kier molecular flexibility index (Phi) is 11.0. The Morgan fingerprint density at radius 1 is 0.843 bits per heavy atom. The van der Waals surface area contributed by atoms with Crippen LogP contribution in [0.15, 0.2) is 102 Å². The molecule has 0 saturated carbocycles. The minimum absolute atomic E-state index is 0.0443. The van der Waals surface area contributed by atoms with Gasteiger partial charge in [-0.2, -0.15) is 13.2 Å². The van der Waals surface area contributed by atoms with Gasteiger partial charge in [-0.1, -0.05) is 54.6 Å². The van der Waals surface area contributed by atoms with Crippen LogP contribution in [0, 0.1) is 11.6 Å². The monoisotopic (exact) mass is 703 g/mol. The van der Waals surface area contributed by atoms with Crippen molar-refractivity contribution < 1.29 is 31.9 Å². The number of carbonyl (C=O) groups is 1. The predicted octanol–water partition coefficient (Wildman–Crippen LogP) is 7.24. The molecule has 266 valence electrons. The first-order chi connectivity index (χ1) is 24.5. The molecule has 51 heavy (non-hydrogen) atoms. The van der Waals surface area contributed by atoms with Crippen molar-refractivity contribution >= 4 is 16.8 Å². The summed E-state index contributed by atoms with van der Waals surface area (Å²) >= 11 is 0. The number of β-amino-alcohol motifs (C(OH)–C–C–N with tert-alkyl or cyclic N) is 1. The van der Waals surface area contributed by atoms with E-state index in [1.807, 2.05) is 33.7 Å². The standard InChI is InChI=1S/C40H38F5N3O3/c41-32-15-11-30(36(42)23-32)12-16-34-24-38(50)35-3-1-2-4-37(35)47(34)26-39(51)48(33-17-19-46(20-18-33)21-22-49)25-27-5-7-28(8-6-27)29-9-13-31(14-10-29)40(43,44)45/h1-11,13-15,23-24,33,49H,12,16-22,25-26H2. The highest BCUT2D eigenvalue weighted by molar-refractivity contribution is 5.83. The number of benzene rings is 4. The van der Waals surface area contributed by atoms with Crippen molar-refractivity contribution in [1.29, 1.82) is 0 Å². The Bertz CT molecular complexity index is 2040. The van der Waals surface area contributed by atoms with Crippen LogP contribution in [0.1, 0.15) is 35.2 Å². The van der Waals surface area contributed by atoms with Crippen LogP contribution in [0.3, 0.4) is 0 Å². The molecule has 1 amide bonds. The molecule has 0 radical (unpaired) electrons. The Balaban J connectivity index is 1.28. The van der Waals surface area contributed by atoms with Gasteiger partial charge in [0.2, 0.25) is 5.91 Å². The number of aliphatic hydroxyl groups is 1. The molecule has 2 heterocycles. The summed E-state index contributed by atoms with van der Waals surface area (Å²) < 4.78 is 69.1. The average molecular weight is 704 g/mol. The van der Waals surface area contributed by atoms with Crippen molar-refractivity contribution in [3.63, 3.8) is 0 Å². The zero-order chi connectivity index (χ0) is 36.1. The highest BCUT2D eigenvalue weighted by atomic mass is 19.4. The van der Waals surface area contributed by atoms with Crippen LogP contribution in [0.2, 0.25) is 0 Å². The van der Waals surface area contributed by atoms with Crippen LogP contribution in [-0.4, -0.2) is 57.7 Å². The summed E-state index contributed by atoms with van der Waals surface area (Å²) in [5.41, 5.74) is 2.70. The first-order valence-electron chi connectivity index (χ1n) is 16.9. The van der Waals surface area contributed by atoms with Gasteiger partial charge in [0.1, 0.15) is 18.2 Å². The number of aromatic nitrogens is 1. The van der Waals surface area contributed by atoms with Gasteiger partial charge in [-0.3, -0.25) is 9.59 Å². The lowest BCUT2D eigenvalue weighted by Gasteiger charge is -2.39. The van der Waals surface area contributed by atoms with Gasteiger partial charge < -0.3 is 19.5 Å². The van der Waals surface area contributed by atoms with E-state index in [-0.39, 0.29) is 49.9 Å². The fourth-order valence-electron chi connectivity index (χ4n) is 6.85. The fraction of sp³-hybridized carbons (Fsp3) is 0.300. The summed E-state index contributed by atoms with van der Waals surface area (Å²) in [7, 11) is 0. The molecule has 0 atom stereocenters. The number of nitrogens with zero attached hydrogens (tertiary/aromatic N) is 3. The number of aryl methyl sites for hydroxylation is 2. The normalized spacial score (nSPS) is 14.2. The van der Waals surface area contributed by atoms with E-state index in [9.17, 15) is 36.6 Å². The second kappa shape index (κ2) is 15.6. The third-order valence-electron chi connectivity index (χ3n) is 9.65. The first kappa shape index (κ1) is 35.9. The molecule has 1 aromatic heterocycles. The molecule has 0 spiro atoms. The van der Waals surface area contributed by atoms with Crippen LogP contribution in [0.4, 0.5) is 22.0 Å². The van der Waals surface area contributed by atoms with Crippen molar-refractivity contribution in [2.24, 2.45) is 0 Å². The summed E-state index contributed by atoms with van der Waals surface area (Å²) in [5, 5.41) is 9.90. The molecule has 1 aliphatic rings. The lowest BCUT2D eigenvalue weighted by molar-refractivity contribution is -0.137. The van der Waals surface area contributed by atoms with Gasteiger partial charge in [0.15, 0.2) is 5.43 Å². The van der Waals surface area contributed by atoms with E-state index in [1.54, 1.807) is 24.3 Å². The minimum Gasteiger partial charge on any atom is -0.395 e. The van der Waals surface area contributed by atoms with Gasteiger partial charge in [0, 0.05) is 55.4 Å². The van der Waals surface area contributed by atoms with E-state index in [0.29, 0.717) is 60.2 Å². The number of fused-ring (bicyclic) bond motifs is 1. The van der Waals surface area contributed by atoms with E-state index >= 15 is 0 Å². The highest BCUT2D eigenvalue weighted by Crippen LogP contribution is 2.31. The molecular formula is C40H38F5N3O3. The van der Waals surface area contributed by atoms with Crippen molar-refractivity contribution in [2.45, 2.75) is 51.0 Å². The van der Waals surface area contributed by atoms with E-state index in [0.717, 1.165) is 29.3 Å². The molecule has 0 aliphatic carbocycles. The van der Waals surface area contributed by atoms with E-state index in [2.05, 4.69) is 4.90 Å². The Hall–Kier alpha value is -4.87. The van der Waals surface area contributed by atoms with Crippen molar-refractivity contribution in [1.82, 2.24) is 14.4 Å². The first-order valence-corrected chi connectivity index (χ1v) is 16.9. The molecule has 1 aliphatic heterocycles. The molecule has 1 saturated heterocycles. The number of aliphatic hydroxyl groups excluding tert-OH is 1.